The summed E-state index contributed by atoms with van der Waals surface area (Å²) in [5.41, 5.74) is 0. The molecule has 1 aromatic rings. The van der Waals surface area contributed by atoms with Gasteiger partial charge in [-0.3, -0.25) is 0 Å². The Kier molecular flexibility index (Phi) is 4.75. The fourth-order valence-corrected chi connectivity index (χ4v) is 3.11. The molecule has 0 bridgehead atoms. The van der Waals surface area contributed by atoms with E-state index in [0.717, 1.165) is 32.5 Å². The molecule has 0 aliphatic carbocycles. The molecule has 1 aromatic heterocycles. The Morgan fingerprint density at radius 3 is 2.76 bits per heavy atom. The van der Waals surface area contributed by atoms with Crippen LogP contribution in [0.1, 0.15) is 39.0 Å². The van der Waals surface area contributed by atoms with Crippen LogP contribution in [0, 0.1) is 0 Å². The number of piperidine rings is 1. The first-order chi connectivity index (χ1) is 10.2. The third-order valence-corrected chi connectivity index (χ3v) is 4.22. The quantitative estimate of drug-likeness (QED) is 0.925. The van der Waals surface area contributed by atoms with Gasteiger partial charge in [-0.1, -0.05) is 0 Å². The van der Waals surface area contributed by atoms with Crippen LogP contribution in [0.4, 0.5) is 11.9 Å². The van der Waals surface area contributed by atoms with Crippen LogP contribution in [0.2, 0.25) is 5.28 Å². The van der Waals surface area contributed by atoms with Crippen LogP contribution >= 0.6 is 11.6 Å². The second kappa shape index (κ2) is 6.75. The van der Waals surface area contributed by atoms with Gasteiger partial charge in [0.25, 0.3) is 0 Å². The van der Waals surface area contributed by atoms with Crippen molar-refractivity contribution < 1.29 is 4.74 Å². The molecule has 2 atom stereocenters. The second-order valence-corrected chi connectivity index (χ2v) is 6.16. The van der Waals surface area contributed by atoms with E-state index in [1.807, 2.05) is 0 Å². The minimum atomic E-state index is 0.258. The zero-order chi connectivity index (χ0) is 14.7. The van der Waals surface area contributed by atoms with Crippen molar-refractivity contribution >= 4 is 23.5 Å². The van der Waals surface area contributed by atoms with Gasteiger partial charge in [-0.05, 0) is 50.6 Å². The molecular formula is C14H22ClN5O. The van der Waals surface area contributed by atoms with Crippen molar-refractivity contribution in [1.29, 1.82) is 0 Å². The van der Waals surface area contributed by atoms with E-state index in [-0.39, 0.29) is 11.4 Å². The second-order valence-electron chi connectivity index (χ2n) is 5.82. The molecular weight excluding hydrogens is 290 g/mol. The zero-order valence-electron chi connectivity index (χ0n) is 12.4. The van der Waals surface area contributed by atoms with Crippen LogP contribution in [0.3, 0.4) is 0 Å². The summed E-state index contributed by atoms with van der Waals surface area (Å²) in [6, 6.07) is 0.335. The number of anilines is 2. The molecule has 2 fully saturated rings. The summed E-state index contributed by atoms with van der Waals surface area (Å²) in [7, 11) is 0. The number of aromatic nitrogens is 3. The smallest absolute Gasteiger partial charge is 0.231 e. The highest BCUT2D eigenvalue weighted by atomic mass is 35.5. The molecule has 2 saturated heterocycles. The first-order valence-corrected chi connectivity index (χ1v) is 8.13. The minimum absolute atomic E-state index is 0.258. The Morgan fingerprint density at radius 2 is 2.00 bits per heavy atom. The van der Waals surface area contributed by atoms with Gasteiger partial charge in [0.05, 0.1) is 6.10 Å². The van der Waals surface area contributed by atoms with Gasteiger partial charge < -0.3 is 15.0 Å². The molecule has 0 saturated carbocycles. The maximum atomic E-state index is 6.06. The molecule has 2 aliphatic rings. The predicted molar refractivity (Wildman–Crippen MR) is 83.0 cm³/mol. The van der Waals surface area contributed by atoms with Crippen LogP contribution in [-0.2, 0) is 4.74 Å². The van der Waals surface area contributed by atoms with E-state index in [2.05, 4.69) is 32.1 Å². The largest absolute Gasteiger partial charge is 0.378 e. The monoisotopic (exact) mass is 311 g/mol. The summed E-state index contributed by atoms with van der Waals surface area (Å²) >= 11 is 6.06. The maximum absolute atomic E-state index is 6.06. The van der Waals surface area contributed by atoms with Crippen LogP contribution in [0.5, 0.6) is 0 Å². The van der Waals surface area contributed by atoms with Crippen LogP contribution in [-0.4, -0.2) is 46.8 Å². The fourth-order valence-electron chi connectivity index (χ4n) is 2.95. The normalized spacial score (nSPS) is 26.7. The number of rotatable bonds is 3. The molecule has 6 nitrogen and oxygen atoms in total. The zero-order valence-corrected chi connectivity index (χ0v) is 13.1. The molecule has 116 valence electrons. The summed E-state index contributed by atoms with van der Waals surface area (Å²) in [6.45, 7) is 4.85. The van der Waals surface area contributed by atoms with Crippen LogP contribution in [0.15, 0.2) is 0 Å². The lowest BCUT2D eigenvalue weighted by atomic mass is 10.0. The van der Waals surface area contributed by atoms with Crippen LogP contribution < -0.4 is 10.2 Å². The van der Waals surface area contributed by atoms with Gasteiger partial charge in [0.15, 0.2) is 0 Å². The molecule has 0 aromatic carbocycles. The highest BCUT2D eigenvalue weighted by molar-refractivity contribution is 6.28. The van der Waals surface area contributed by atoms with Gasteiger partial charge in [0, 0.05) is 25.7 Å². The SMILES string of the molecule is CC1CC(Nc2nc(Cl)nc(N3CCCCC3)n2)CCO1. The molecule has 0 amide bonds. The predicted octanol–water partition coefficient (Wildman–Crippen LogP) is 2.49. The average Bonchev–Trinajstić information content (AvgIpc) is 2.47. The van der Waals surface area contributed by atoms with E-state index < -0.39 is 0 Å². The Labute approximate surface area is 130 Å². The highest BCUT2D eigenvalue weighted by Crippen LogP contribution is 2.21. The summed E-state index contributed by atoms with van der Waals surface area (Å²) in [6.07, 6.45) is 5.85. The molecule has 3 rings (SSSR count). The standard InChI is InChI=1S/C14H22ClN5O/c1-10-9-11(5-8-21-10)16-13-17-12(15)18-14(19-13)20-6-3-2-4-7-20/h10-11H,2-9H2,1H3,(H,16,17,18,19). The molecule has 21 heavy (non-hydrogen) atoms. The van der Waals surface area contributed by atoms with Gasteiger partial charge >= 0.3 is 0 Å². The maximum Gasteiger partial charge on any atom is 0.231 e. The lowest BCUT2D eigenvalue weighted by Gasteiger charge is -2.29. The van der Waals surface area contributed by atoms with Crippen molar-refractivity contribution in [3.05, 3.63) is 5.28 Å². The Hall–Kier alpha value is -1.14. The van der Waals surface area contributed by atoms with Crippen LogP contribution in [0.25, 0.3) is 0 Å². The van der Waals surface area contributed by atoms with Crippen molar-refractivity contribution in [2.75, 3.05) is 29.9 Å². The van der Waals surface area contributed by atoms with Crippen molar-refractivity contribution in [2.24, 2.45) is 0 Å². The molecule has 1 N–H and O–H groups in total. The first kappa shape index (κ1) is 14.8. The molecule has 3 heterocycles. The molecule has 7 heteroatoms. The molecule has 0 spiro atoms. The van der Waals surface area contributed by atoms with E-state index in [1.165, 1.54) is 19.3 Å². The van der Waals surface area contributed by atoms with Gasteiger partial charge in [0.1, 0.15) is 0 Å². The highest BCUT2D eigenvalue weighted by Gasteiger charge is 2.21. The van der Waals surface area contributed by atoms with E-state index in [1.54, 1.807) is 0 Å². The number of nitrogens with one attached hydrogen (secondary N) is 1. The van der Waals surface area contributed by atoms with Crippen molar-refractivity contribution in [3.63, 3.8) is 0 Å². The average molecular weight is 312 g/mol. The number of hydrogen-bond acceptors (Lipinski definition) is 6. The lowest BCUT2D eigenvalue weighted by molar-refractivity contribution is 0.0231. The molecule has 2 unspecified atom stereocenters. The number of hydrogen-bond donors (Lipinski definition) is 1. The summed E-state index contributed by atoms with van der Waals surface area (Å²) in [5.74, 6) is 1.27. The molecule has 0 radical (unpaired) electrons. The summed E-state index contributed by atoms with van der Waals surface area (Å²) < 4.78 is 5.56. The first-order valence-electron chi connectivity index (χ1n) is 7.75. The Morgan fingerprint density at radius 1 is 1.19 bits per heavy atom. The number of halogens is 1. The number of ether oxygens (including phenoxy) is 1. The third kappa shape index (κ3) is 3.95. The van der Waals surface area contributed by atoms with Crippen molar-refractivity contribution in [3.8, 4) is 0 Å². The van der Waals surface area contributed by atoms with E-state index >= 15 is 0 Å². The third-order valence-electron chi connectivity index (χ3n) is 4.05. The minimum Gasteiger partial charge on any atom is -0.378 e. The van der Waals surface area contributed by atoms with Gasteiger partial charge in [0.2, 0.25) is 17.2 Å². The van der Waals surface area contributed by atoms with E-state index in [9.17, 15) is 0 Å². The van der Waals surface area contributed by atoms with Gasteiger partial charge in [-0.15, -0.1) is 0 Å². The lowest BCUT2D eigenvalue weighted by Crippen LogP contribution is -2.34. The van der Waals surface area contributed by atoms with Gasteiger partial charge in [-0.2, -0.15) is 15.0 Å². The fraction of sp³-hybridized carbons (Fsp3) is 0.786. The molecule has 2 aliphatic heterocycles. The van der Waals surface area contributed by atoms with Crippen molar-refractivity contribution in [1.82, 2.24) is 15.0 Å². The van der Waals surface area contributed by atoms with E-state index in [4.69, 9.17) is 16.3 Å². The topological polar surface area (TPSA) is 63.2 Å². The van der Waals surface area contributed by atoms with E-state index in [0.29, 0.717) is 17.9 Å². The Bertz CT molecular complexity index is 480. The summed E-state index contributed by atoms with van der Waals surface area (Å²) in [5, 5.41) is 3.64. The van der Waals surface area contributed by atoms with Gasteiger partial charge in [-0.25, -0.2) is 0 Å². The summed E-state index contributed by atoms with van der Waals surface area (Å²) in [4.78, 5) is 15.2. The van der Waals surface area contributed by atoms with Crippen molar-refractivity contribution in [2.45, 2.75) is 51.2 Å². The Balaban J connectivity index is 1.71. The number of nitrogens with zero attached hydrogens (tertiary/aromatic N) is 4.